The summed E-state index contributed by atoms with van der Waals surface area (Å²) in [5.74, 6) is -0.126. The van der Waals surface area contributed by atoms with Crippen LogP contribution in [0, 0.1) is 0 Å². The highest BCUT2D eigenvalue weighted by atomic mass is 16.3. The highest BCUT2D eigenvalue weighted by Crippen LogP contribution is 2.40. The molecule has 2 atom stereocenters. The molecule has 18 heavy (non-hydrogen) atoms. The van der Waals surface area contributed by atoms with Crippen molar-refractivity contribution in [1.29, 1.82) is 0 Å². The standard InChI is InChI=1S/C15H18O3/c1-9(2)7-8-12-13(16)10-5-3-4-6-11(10)14(17)15(12)18/h3-7,13-14,16-18H,8H2,1-2H3. The molecule has 0 bridgehead atoms. The number of hydrogen-bond donors (Lipinski definition) is 3. The van der Waals surface area contributed by atoms with Crippen LogP contribution in [0.1, 0.15) is 43.6 Å². The molecule has 2 unspecified atom stereocenters. The molecule has 0 spiro atoms. The zero-order valence-electron chi connectivity index (χ0n) is 10.6. The monoisotopic (exact) mass is 246 g/mol. The summed E-state index contributed by atoms with van der Waals surface area (Å²) in [5.41, 5.74) is 2.82. The second-order valence-corrected chi connectivity index (χ2v) is 4.83. The third-order valence-corrected chi connectivity index (χ3v) is 3.23. The normalized spacial score (nSPS) is 22.7. The van der Waals surface area contributed by atoms with Gasteiger partial charge in [0.25, 0.3) is 0 Å². The number of benzene rings is 1. The summed E-state index contributed by atoms with van der Waals surface area (Å²) in [4.78, 5) is 0. The number of hydrogen-bond acceptors (Lipinski definition) is 3. The topological polar surface area (TPSA) is 60.7 Å². The molecule has 96 valence electrons. The third kappa shape index (κ3) is 2.19. The zero-order chi connectivity index (χ0) is 13.3. The molecule has 3 heteroatoms. The van der Waals surface area contributed by atoms with Gasteiger partial charge < -0.3 is 15.3 Å². The molecular formula is C15H18O3. The Bertz CT molecular complexity index is 510. The Balaban J connectivity index is 2.43. The Hall–Kier alpha value is -1.58. The number of rotatable bonds is 2. The van der Waals surface area contributed by atoms with Crippen molar-refractivity contribution < 1.29 is 15.3 Å². The fraction of sp³-hybridized carbons (Fsp3) is 0.333. The van der Waals surface area contributed by atoms with Gasteiger partial charge in [-0.15, -0.1) is 0 Å². The van der Waals surface area contributed by atoms with Crippen molar-refractivity contribution >= 4 is 0 Å². The molecule has 3 nitrogen and oxygen atoms in total. The fourth-order valence-electron chi connectivity index (χ4n) is 2.19. The molecule has 1 aromatic carbocycles. The summed E-state index contributed by atoms with van der Waals surface area (Å²) >= 11 is 0. The van der Waals surface area contributed by atoms with E-state index >= 15 is 0 Å². The zero-order valence-corrected chi connectivity index (χ0v) is 10.6. The maximum absolute atomic E-state index is 10.3. The minimum Gasteiger partial charge on any atom is -0.509 e. The average molecular weight is 246 g/mol. The van der Waals surface area contributed by atoms with Gasteiger partial charge >= 0.3 is 0 Å². The van der Waals surface area contributed by atoms with Gasteiger partial charge in [0.05, 0.1) is 0 Å². The Labute approximate surface area is 107 Å². The molecule has 0 radical (unpaired) electrons. The summed E-state index contributed by atoms with van der Waals surface area (Å²) < 4.78 is 0. The van der Waals surface area contributed by atoms with Crippen LogP contribution in [0.4, 0.5) is 0 Å². The van der Waals surface area contributed by atoms with Crippen LogP contribution in [0.2, 0.25) is 0 Å². The molecule has 3 N–H and O–H groups in total. The first-order chi connectivity index (χ1) is 8.52. The molecule has 1 aromatic rings. The number of aliphatic hydroxyl groups is 3. The van der Waals surface area contributed by atoms with Crippen LogP contribution >= 0.6 is 0 Å². The second kappa shape index (κ2) is 4.96. The van der Waals surface area contributed by atoms with Gasteiger partial charge in [-0.1, -0.05) is 35.9 Å². The summed E-state index contributed by atoms with van der Waals surface area (Å²) in [5, 5.41) is 30.3. The van der Waals surface area contributed by atoms with E-state index in [1.807, 2.05) is 26.0 Å². The first-order valence-electron chi connectivity index (χ1n) is 6.02. The first kappa shape index (κ1) is 12.9. The first-order valence-corrected chi connectivity index (χ1v) is 6.02. The minimum atomic E-state index is -1.04. The lowest BCUT2D eigenvalue weighted by Gasteiger charge is -2.28. The smallest absolute Gasteiger partial charge is 0.136 e. The molecule has 0 fully saturated rings. The van der Waals surface area contributed by atoms with Crippen molar-refractivity contribution in [2.24, 2.45) is 0 Å². The van der Waals surface area contributed by atoms with Gasteiger partial charge in [0, 0.05) is 5.57 Å². The summed E-state index contributed by atoms with van der Waals surface area (Å²) in [6.07, 6.45) is 0.487. The predicted octanol–water partition coefficient (Wildman–Crippen LogP) is 2.94. The lowest BCUT2D eigenvalue weighted by Crippen LogP contribution is -2.18. The summed E-state index contributed by atoms with van der Waals surface area (Å²) in [6.45, 7) is 3.91. The largest absolute Gasteiger partial charge is 0.509 e. The van der Waals surface area contributed by atoms with E-state index in [4.69, 9.17) is 0 Å². The maximum Gasteiger partial charge on any atom is 0.136 e. The van der Waals surface area contributed by atoms with E-state index in [1.54, 1.807) is 18.2 Å². The number of fused-ring (bicyclic) bond motifs is 1. The van der Waals surface area contributed by atoms with E-state index in [0.29, 0.717) is 23.1 Å². The van der Waals surface area contributed by atoms with Gasteiger partial charge in [-0.2, -0.15) is 0 Å². The lowest BCUT2D eigenvalue weighted by molar-refractivity contribution is 0.120. The van der Waals surface area contributed by atoms with Gasteiger partial charge in [0.2, 0.25) is 0 Å². The molecule has 1 aliphatic rings. The molecule has 0 aliphatic heterocycles. The molecule has 0 heterocycles. The Morgan fingerprint density at radius 2 is 1.67 bits per heavy atom. The number of allylic oxidation sites excluding steroid dienone is 2. The summed E-state index contributed by atoms with van der Waals surface area (Å²) in [6, 6.07) is 7.09. The molecule has 0 saturated heterocycles. The SMILES string of the molecule is CC(C)=CCC1=C(O)C(O)c2ccccc2C1O. The average Bonchev–Trinajstić information content (AvgIpc) is 2.36. The van der Waals surface area contributed by atoms with E-state index in [2.05, 4.69) is 0 Å². The van der Waals surface area contributed by atoms with Crippen LogP contribution in [0.5, 0.6) is 0 Å². The van der Waals surface area contributed by atoms with Gasteiger partial charge in [0.15, 0.2) is 0 Å². The van der Waals surface area contributed by atoms with Crippen LogP contribution in [-0.4, -0.2) is 15.3 Å². The van der Waals surface area contributed by atoms with E-state index in [0.717, 1.165) is 5.57 Å². The Morgan fingerprint density at radius 1 is 1.11 bits per heavy atom. The molecule has 0 saturated carbocycles. The van der Waals surface area contributed by atoms with Crippen molar-refractivity contribution in [2.45, 2.75) is 32.5 Å². The fourth-order valence-corrected chi connectivity index (χ4v) is 2.19. The van der Waals surface area contributed by atoms with Crippen molar-refractivity contribution in [3.63, 3.8) is 0 Å². The summed E-state index contributed by atoms with van der Waals surface area (Å²) in [7, 11) is 0. The molecule has 2 rings (SSSR count). The van der Waals surface area contributed by atoms with E-state index < -0.39 is 12.2 Å². The van der Waals surface area contributed by atoms with Crippen LogP contribution in [-0.2, 0) is 0 Å². The Kier molecular flexibility index (Phi) is 3.55. The van der Waals surface area contributed by atoms with Gasteiger partial charge in [-0.3, -0.25) is 0 Å². The highest BCUT2D eigenvalue weighted by Gasteiger charge is 2.31. The van der Waals surface area contributed by atoms with E-state index in [9.17, 15) is 15.3 Å². The van der Waals surface area contributed by atoms with Crippen LogP contribution in [0.25, 0.3) is 0 Å². The van der Waals surface area contributed by atoms with Crippen molar-refractivity contribution in [3.05, 3.63) is 58.4 Å². The second-order valence-electron chi connectivity index (χ2n) is 4.83. The molecule has 0 amide bonds. The van der Waals surface area contributed by atoms with Crippen molar-refractivity contribution in [3.8, 4) is 0 Å². The maximum atomic E-state index is 10.3. The Morgan fingerprint density at radius 3 is 2.22 bits per heavy atom. The van der Waals surface area contributed by atoms with E-state index in [-0.39, 0.29) is 5.76 Å². The van der Waals surface area contributed by atoms with E-state index in [1.165, 1.54) is 0 Å². The molecule has 1 aliphatic carbocycles. The van der Waals surface area contributed by atoms with Gasteiger partial charge in [-0.05, 0) is 31.4 Å². The third-order valence-electron chi connectivity index (χ3n) is 3.23. The number of aliphatic hydroxyl groups excluding tert-OH is 3. The molecular weight excluding hydrogens is 228 g/mol. The highest BCUT2D eigenvalue weighted by molar-refractivity contribution is 5.44. The van der Waals surface area contributed by atoms with Gasteiger partial charge in [-0.25, -0.2) is 0 Å². The quantitative estimate of drug-likeness (QED) is 0.703. The van der Waals surface area contributed by atoms with Crippen LogP contribution in [0.3, 0.4) is 0 Å². The van der Waals surface area contributed by atoms with Gasteiger partial charge in [0.1, 0.15) is 18.0 Å². The lowest BCUT2D eigenvalue weighted by atomic mass is 9.84. The predicted molar refractivity (Wildman–Crippen MR) is 70.1 cm³/mol. The van der Waals surface area contributed by atoms with Crippen LogP contribution in [0.15, 0.2) is 47.2 Å². The minimum absolute atomic E-state index is 0.126. The molecule has 0 aromatic heterocycles. The van der Waals surface area contributed by atoms with Crippen molar-refractivity contribution in [2.75, 3.05) is 0 Å². The van der Waals surface area contributed by atoms with Crippen LogP contribution < -0.4 is 0 Å². The van der Waals surface area contributed by atoms with Crippen molar-refractivity contribution in [1.82, 2.24) is 0 Å².